The van der Waals surface area contributed by atoms with E-state index in [0.717, 1.165) is 11.1 Å². The van der Waals surface area contributed by atoms with E-state index in [9.17, 15) is 8.42 Å². The molecule has 0 aliphatic carbocycles. The van der Waals surface area contributed by atoms with Crippen LogP contribution in [0, 0.1) is 0 Å². The predicted octanol–water partition coefficient (Wildman–Crippen LogP) is 1.67. The van der Waals surface area contributed by atoms with Crippen LogP contribution in [0.2, 0.25) is 0 Å². The summed E-state index contributed by atoms with van der Waals surface area (Å²) in [6.45, 7) is 3.75. The van der Waals surface area contributed by atoms with Crippen LogP contribution in [0.1, 0.15) is 19.4 Å². The van der Waals surface area contributed by atoms with Gasteiger partial charge in [-0.2, -0.15) is 17.9 Å². The predicted molar refractivity (Wildman–Crippen MR) is 76.0 cm³/mol. The molecule has 0 radical (unpaired) electrons. The maximum atomic E-state index is 11.7. The number of hydrogen-bond acceptors (Lipinski definition) is 4. The van der Waals surface area contributed by atoms with Crippen LogP contribution in [0.3, 0.4) is 0 Å². The largest absolute Gasteiger partial charge is 0.444 e. The zero-order valence-electron chi connectivity index (χ0n) is 11.3. The number of hydrogen-bond donors (Lipinski definition) is 2. The van der Waals surface area contributed by atoms with Crippen LogP contribution in [-0.2, 0) is 16.8 Å². The van der Waals surface area contributed by atoms with E-state index in [4.69, 9.17) is 4.42 Å². The molecule has 0 unspecified atom stereocenters. The molecule has 2 rings (SSSR count). The van der Waals surface area contributed by atoms with Crippen LogP contribution >= 0.6 is 0 Å². The Bertz CT molecular complexity index is 651. The second-order valence-electron chi connectivity index (χ2n) is 4.66. The van der Waals surface area contributed by atoms with Crippen molar-refractivity contribution in [1.82, 2.24) is 14.4 Å². The molecule has 0 atom stereocenters. The molecule has 2 N–H and O–H groups in total. The Labute approximate surface area is 118 Å². The highest BCUT2D eigenvalue weighted by Crippen LogP contribution is 2.19. The van der Waals surface area contributed by atoms with E-state index in [1.165, 1.54) is 6.39 Å². The second-order valence-corrected chi connectivity index (χ2v) is 6.19. The summed E-state index contributed by atoms with van der Waals surface area (Å²) in [5, 5.41) is 0. The van der Waals surface area contributed by atoms with E-state index in [-0.39, 0.29) is 12.6 Å². The fraction of sp³-hybridized carbons (Fsp3) is 0.308. The molecule has 20 heavy (non-hydrogen) atoms. The van der Waals surface area contributed by atoms with Gasteiger partial charge in [0.15, 0.2) is 12.2 Å². The Hall–Kier alpha value is -1.70. The first-order valence-corrected chi connectivity index (χ1v) is 7.69. The van der Waals surface area contributed by atoms with Gasteiger partial charge >= 0.3 is 0 Å². The van der Waals surface area contributed by atoms with Crippen LogP contribution < -0.4 is 9.44 Å². The van der Waals surface area contributed by atoms with Gasteiger partial charge in [-0.15, -0.1) is 0 Å². The topological polar surface area (TPSA) is 84.2 Å². The zero-order valence-corrected chi connectivity index (χ0v) is 12.1. The van der Waals surface area contributed by atoms with Crippen molar-refractivity contribution in [2.45, 2.75) is 26.4 Å². The first-order chi connectivity index (χ1) is 9.46. The van der Waals surface area contributed by atoms with Crippen molar-refractivity contribution in [3.8, 4) is 11.3 Å². The summed E-state index contributed by atoms with van der Waals surface area (Å²) in [6.07, 6.45) is 2.97. The number of oxazole rings is 1. The summed E-state index contributed by atoms with van der Waals surface area (Å²) in [5.41, 5.74) is 1.70. The number of nitrogens with zero attached hydrogens (tertiary/aromatic N) is 1. The third kappa shape index (κ3) is 4.16. The lowest BCUT2D eigenvalue weighted by molar-refractivity contribution is 0.554. The van der Waals surface area contributed by atoms with Gasteiger partial charge in [-0.25, -0.2) is 4.98 Å². The highest BCUT2D eigenvalue weighted by molar-refractivity contribution is 7.87. The number of aromatic nitrogens is 1. The Morgan fingerprint density at radius 1 is 1.35 bits per heavy atom. The highest BCUT2D eigenvalue weighted by atomic mass is 32.2. The maximum Gasteiger partial charge on any atom is 0.277 e. The minimum Gasteiger partial charge on any atom is -0.444 e. The number of nitrogens with one attached hydrogen (secondary N) is 2. The van der Waals surface area contributed by atoms with Crippen LogP contribution in [0.25, 0.3) is 11.3 Å². The molecule has 0 bridgehead atoms. The van der Waals surface area contributed by atoms with E-state index in [1.807, 2.05) is 24.3 Å². The van der Waals surface area contributed by atoms with Crippen molar-refractivity contribution < 1.29 is 12.8 Å². The van der Waals surface area contributed by atoms with Gasteiger partial charge in [0.2, 0.25) is 0 Å². The molecule has 0 saturated heterocycles. The first kappa shape index (κ1) is 14.7. The van der Waals surface area contributed by atoms with Crippen LogP contribution in [0.5, 0.6) is 0 Å². The average Bonchev–Trinajstić information content (AvgIpc) is 2.89. The van der Waals surface area contributed by atoms with Crippen LogP contribution in [-0.4, -0.2) is 19.4 Å². The lowest BCUT2D eigenvalue weighted by Gasteiger charge is -2.11. The van der Waals surface area contributed by atoms with Gasteiger partial charge < -0.3 is 4.42 Å². The standard InChI is InChI=1S/C13H17N3O3S/c1-10(2)16-20(17,18)15-7-11-4-3-5-12(6-11)13-8-14-9-19-13/h3-6,8-10,15-16H,7H2,1-2H3. The average molecular weight is 295 g/mol. The number of rotatable bonds is 6. The SMILES string of the molecule is CC(C)NS(=O)(=O)NCc1cccc(-c2cnco2)c1. The molecule has 1 aromatic carbocycles. The van der Waals surface area contributed by atoms with Gasteiger partial charge in [0, 0.05) is 18.2 Å². The molecule has 0 fully saturated rings. The fourth-order valence-electron chi connectivity index (χ4n) is 1.72. The second kappa shape index (κ2) is 6.17. The Morgan fingerprint density at radius 2 is 2.15 bits per heavy atom. The van der Waals surface area contributed by atoms with E-state index < -0.39 is 10.2 Å². The third-order valence-corrected chi connectivity index (χ3v) is 3.81. The highest BCUT2D eigenvalue weighted by Gasteiger charge is 2.11. The summed E-state index contributed by atoms with van der Waals surface area (Å²) in [6, 6.07) is 7.28. The minimum atomic E-state index is -3.48. The molecule has 1 heterocycles. The molecule has 0 aliphatic heterocycles. The van der Waals surface area contributed by atoms with Crippen molar-refractivity contribution in [2.24, 2.45) is 0 Å². The molecule has 7 heteroatoms. The molecule has 0 aliphatic rings. The lowest BCUT2D eigenvalue weighted by atomic mass is 10.1. The van der Waals surface area contributed by atoms with Gasteiger partial charge in [0.05, 0.1) is 6.20 Å². The third-order valence-electron chi connectivity index (χ3n) is 2.50. The molecular formula is C13H17N3O3S. The summed E-state index contributed by atoms with van der Waals surface area (Å²) < 4.78 is 33.5. The smallest absolute Gasteiger partial charge is 0.277 e. The summed E-state index contributed by atoms with van der Waals surface area (Å²) in [7, 11) is -3.48. The molecule has 108 valence electrons. The Balaban J connectivity index is 2.06. The van der Waals surface area contributed by atoms with Gasteiger partial charge in [-0.3, -0.25) is 0 Å². The van der Waals surface area contributed by atoms with Crippen molar-refractivity contribution >= 4 is 10.2 Å². The number of benzene rings is 1. The molecule has 0 saturated carbocycles. The van der Waals surface area contributed by atoms with Gasteiger partial charge in [-0.1, -0.05) is 18.2 Å². The Morgan fingerprint density at radius 3 is 2.80 bits per heavy atom. The molecule has 0 spiro atoms. The van der Waals surface area contributed by atoms with Gasteiger partial charge in [0.1, 0.15) is 0 Å². The molecule has 0 amide bonds. The van der Waals surface area contributed by atoms with E-state index >= 15 is 0 Å². The van der Waals surface area contributed by atoms with E-state index in [0.29, 0.717) is 5.76 Å². The van der Waals surface area contributed by atoms with Crippen LogP contribution in [0.4, 0.5) is 0 Å². The van der Waals surface area contributed by atoms with E-state index in [1.54, 1.807) is 20.0 Å². The molecule has 6 nitrogen and oxygen atoms in total. The van der Waals surface area contributed by atoms with E-state index in [2.05, 4.69) is 14.4 Å². The normalized spacial score (nSPS) is 11.9. The Kier molecular flexibility index (Phi) is 4.53. The molecular weight excluding hydrogens is 278 g/mol. The van der Waals surface area contributed by atoms with Crippen LogP contribution in [0.15, 0.2) is 41.3 Å². The van der Waals surface area contributed by atoms with Crippen molar-refractivity contribution in [3.05, 3.63) is 42.4 Å². The zero-order chi connectivity index (χ0) is 14.6. The summed E-state index contributed by atoms with van der Waals surface area (Å²) in [5.74, 6) is 0.648. The first-order valence-electron chi connectivity index (χ1n) is 6.21. The molecule has 1 aromatic heterocycles. The summed E-state index contributed by atoms with van der Waals surface area (Å²) >= 11 is 0. The minimum absolute atomic E-state index is 0.145. The van der Waals surface area contributed by atoms with Gasteiger partial charge in [0.25, 0.3) is 10.2 Å². The summed E-state index contributed by atoms with van der Waals surface area (Å²) in [4.78, 5) is 3.86. The van der Waals surface area contributed by atoms with Crippen molar-refractivity contribution in [3.63, 3.8) is 0 Å². The molecule has 2 aromatic rings. The lowest BCUT2D eigenvalue weighted by Crippen LogP contribution is -2.39. The monoisotopic (exact) mass is 295 g/mol. The maximum absolute atomic E-state index is 11.7. The quantitative estimate of drug-likeness (QED) is 0.849. The fourth-order valence-corrected chi connectivity index (χ4v) is 2.78. The van der Waals surface area contributed by atoms with Crippen molar-refractivity contribution in [1.29, 1.82) is 0 Å². The van der Waals surface area contributed by atoms with Gasteiger partial charge in [-0.05, 0) is 25.5 Å². The van der Waals surface area contributed by atoms with Crippen molar-refractivity contribution in [2.75, 3.05) is 0 Å².